The molecule has 2 aliphatic rings. The molecule has 1 saturated heterocycles. The number of H-pyrrole nitrogens is 1. The number of pyridine rings is 1. The molecule has 1 saturated carbocycles. The number of nitrogens with zero attached hydrogens (tertiary/aromatic N) is 3. The minimum Gasteiger partial charge on any atom is -0.334 e. The van der Waals surface area contributed by atoms with Gasteiger partial charge < -0.3 is 10.6 Å². The Morgan fingerprint density at radius 3 is 2.75 bits per heavy atom. The third kappa shape index (κ3) is 3.26. The van der Waals surface area contributed by atoms with Gasteiger partial charge in [0.2, 0.25) is 0 Å². The van der Waals surface area contributed by atoms with Crippen LogP contribution in [0.5, 0.6) is 0 Å². The molecule has 8 heteroatoms. The molecule has 0 bridgehead atoms. The second-order valence-corrected chi connectivity index (χ2v) is 7.86. The zero-order chi connectivity index (χ0) is 19.8. The van der Waals surface area contributed by atoms with Crippen LogP contribution in [0.2, 0.25) is 0 Å². The lowest BCUT2D eigenvalue weighted by atomic mass is 9.99. The van der Waals surface area contributed by atoms with Crippen LogP contribution in [-0.4, -0.2) is 44.5 Å². The van der Waals surface area contributed by atoms with Crippen LogP contribution in [0, 0.1) is 0 Å². The molecule has 1 aliphatic heterocycles. The number of piperidine rings is 1. The standard InChI is InChI=1S/C20H27N5O3/c1-2-8-25-17-16(18(26)23-20(25)28)14(10-15(22-17)12-6-7-12)19(27)24-9-4-3-5-13(24)11-21/h10,12-13H,2-9,11,21H2,1H3,(H,23,26,28). The number of aromatic amines is 1. The molecule has 3 N–H and O–H groups in total. The van der Waals surface area contributed by atoms with Crippen LogP contribution in [0.15, 0.2) is 15.7 Å². The Labute approximate surface area is 162 Å². The van der Waals surface area contributed by atoms with Gasteiger partial charge in [-0.25, -0.2) is 9.78 Å². The number of aryl methyl sites for hydroxylation is 1. The molecule has 1 amide bonds. The van der Waals surface area contributed by atoms with E-state index in [2.05, 4.69) is 9.97 Å². The largest absolute Gasteiger partial charge is 0.334 e. The van der Waals surface area contributed by atoms with Crippen LogP contribution in [-0.2, 0) is 6.54 Å². The van der Waals surface area contributed by atoms with Crippen molar-refractivity contribution in [3.63, 3.8) is 0 Å². The van der Waals surface area contributed by atoms with Crippen LogP contribution in [0.25, 0.3) is 11.0 Å². The molecule has 2 aromatic rings. The molecule has 0 spiro atoms. The predicted molar refractivity (Wildman–Crippen MR) is 107 cm³/mol. The first kappa shape index (κ1) is 18.9. The zero-order valence-electron chi connectivity index (χ0n) is 16.2. The molecule has 28 heavy (non-hydrogen) atoms. The molecule has 1 aliphatic carbocycles. The summed E-state index contributed by atoms with van der Waals surface area (Å²) in [6.07, 6.45) is 5.61. The van der Waals surface area contributed by atoms with Crippen LogP contribution in [0.4, 0.5) is 0 Å². The summed E-state index contributed by atoms with van der Waals surface area (Å²) in [7, 11) is 0. The topological polar surface area (TPSA) is 114 Å². The van der Waals surface area contributed by atoms with Crippen molar-refractivity contribution in [2.75, 3.05) is 13.1 Å². The maximum Gasteiger partial charge on any atom is 0.329 e. The fourth-order valence-corrected chi connectivity index (χ4v) is 4.15. The Bertz CT molecular complexity index is 1020. The van der Waals surface area contributed by atoms with Crippen molar-refractivity contribution in [1.82, 2.24) is 19.4 Å². The van der Waals surface area contributed by atoms with Gasteiger partial charge in [0, 0.05) is 37.3 Å². The minimum absolute atomic E-state index is 0.0190. The Morgan fingerprint density at radius 2 is 2.07 bits per heavy atom. The fourth-order valence-electron chi connectivity index (χ4n) is 4.15. The number of likely N-dealkylation sites (tertiary alicyclic amines) is 1. The number of fused-ring (bicyclic) bond motifs is 1. The summed E-state index contributed by atoms with van der Waals surface area (Å²) in [5, 5.41) is 0.212. The van der Waals surface area contributed by atoms with E-state index < -0.39 is 11.2 Å². The van der Waals surface area contributed by atoms with Crippen molar-refractivity contribution in [3.05, 3.63) is 38.2 Å². The SMILES string of the molecule is CCCn1c(=O)[nH]c(=O)c2c(C(=O)N3CCCCC3CN)cc(C3CC3)nc21. The number of amides is 1. The second-order valence-electron chi connectivity index (χ2n) is 7.86. The van der Waals surface area contributed by atoms with E-state index in [1.807, 2.05) is 6.92 Å². The Morgan fingerprint density at radius 1 is 1.29 bits per heavy atom. The quantitative estimate of drug-likeness (QED) is 0.806. The number of aromatic nitrogens is 3. The molecular formula is C20H27N5O3. The van der Waals surface area contributed by atoms with E-state index in [9.17, 15) is 14.4 Å². The fraction of sp³-hybridized carbons (Fsp3) is 0.600. The monoisotopic (exact) mass is 385 g/mol. The second kappa shape index (κ2) is 7.50. The smallest absolute Gasteiger partial charge is 0.329 e. The van der Waals surface area contributed by atoms with Crippen LogP contribution < -0.4 is 17.0 Å². The molecule has 150 valence electrons. The van der Waals surface area contributed by atoms with E-state index in [-0.39, 0.29) is 17.3 Å². The molecule has 0 radical (unpaired) electrons. The van der Waals surface area contributed by atoms with Gasteiger partial charge in [0.25, 0.3) is 11.5 Å². The van der Waals surface area contributed by atoms with Gasteiger partial charge in [-0.2, -0.15) is 0 Å². The van der Waals surface area contributed by atoms with Crippen molar-refractivity contribution < 1.29 is 4.79 Å². The van der Waals surface area contributed by atoms with E-state index in [4.69, 9.17) is 5.73 Å². The maximum atomic E-state index is 13.5. The Kier molecular flexibility index (Phi) is 5.05. The highest BCUT2D eigenvalue weighted by Crippen LogP contribution is 2.40. The van der Waals surface area contributed by atoms with Crippen molar-refractivity contribution in [3.8, 4) is 0 Å². The summed E-state index contributed by atoms with van der Waals surface area (Å²) in [4.78, 5) is 47.4. The minimum atomic E-state index is -0.549. The van der Waals surface area contributed by atoms with Gasteiger partial charge in [0.15, 0.2) is 5.65 Å². The van der Waals surface area contributed by atoms with Gasteiger partial charge in [-0.15, -0.1) is 0 Å². The first-order valence-electron chi connectivity index (χ1n) is 10.2. The Hall–Kier alpha value is -2.48. The summed E-state index contributed by atoms with van der Waals surface area (Å²) in [6, 6.07) is 1.75. The molecule has 3 heterocycles. The van der Waals surface area contributed by atoms with Crippen molar-refractivity contribution in [2.45, 2.75) is 64.0 Å². The van der Waals surface area contributed by atoms with E-state index in [1.54, 1.807) is 11.0 Å². The van der Waals surface area contributed by atoms with E-state index in [0.717, 1.165) is 44.2 Å². The number of rotatable bonds is 5. The van der Waals surface area contributed by atoms with Gasteiger partial charge in [-0.1, -0.05) is 6.92 Å². The lowest BCUT2D eigenvalue weighted by Crippen LogP contribution is -2.47. The van der Waals surface area contributed by atoms with E-state index in [1.165, 1.54) is 4.57 Å². The number of carbonyl (C=O) groups excluding carboxylic acids is 1. The summed E-state index contributed by atoms with van der Waals surface area (Å²) in [5.41, 5.74) is 6.35. The summed E-state index contributed by atoms with van der Waals surface area (Å²) >= 11 is 0. The van der Waals surface area contributed by atoms with Crippen molar-refractivity contribution >= 4 is 16.9 Å². The van der Waals surface area contributed by atoms with Gasteiger partial charge >= 0.3 is 5.69 Å². The number of nitrogens with two attached hydrogens (primary N) is 1. The average molecular weight is 385 g/mol. The highest BCUT2D eigenvalue weighted by Gasteiger charge is 2.32. The highest BCUT2D eigenvalue weighted by molar-refractivity contribution is 6.05. The predicted octanol–water partition coefficient (Wildman–Crippen LogP) is 1.33. The zero-order valence-corrected chi connectivity index (χ0v) is 16.2. The third-order valence-corrected chi connectivity index (χ3v) is 5.80. The number of hydrogen-bond acceptors (Lipinski definition) is 5. The molecule has 2 fully saturated rings. The molecule has 2 aromatic heterocycles. The summed E-state index contributed by atoms with van der Waals surface area (Å²) < 4.78 is 1.48. The highest BCUT2D eigenvalue weighted by atomic mass is 16.2. The number of carbonyl (C=O) groups is 1. The van der Waals surface area contributed by atoms with Crippen molar-refractivity contribution in [1.29, 1.82) is 0 Å². The van der Waals surface area contributed by atoms with Gasteiger partial charge in [-0.3, -0.25) is 19.1 Å². The molecule has 4 rings (SSSR count). The van der Waals surface area contributed by atoms with Crippen LogP contribution in [0.1, 0.15) is 67.4 Å². The number of nitrogens with one attached hydrogen (secondary N) is 1. The molecule has 1 unspecified atom stereocenters. The first-order chi connectivity index (χ1) is 13.5. The molecule has 1 atom stereocenters. The molecular weight excluding hydrogens is 358 g/mol. The molecule has 0 aromatic carbocycles. The van der Waals surface area contributed by atoms with Crippen LogP contribution >= 0.6 is 0 Å². The maximum absolute atomic E-state index is 13.5. The summed E-state index contributed by atoms with van der Waals surface area (Å²) in [5.74, 6) is 0.115. The third-order valence-electron chi connectivity index (χ3n) is 5.80. The van der Waals surface area contributed by atoms with E-state index in [0.29, 0.717) is 36.8 Å². The van der Waals surface area contributed by atoms with Gasteiger partial charge in [0.05, 0.1) is 10.9 Å². The van der Waals surface area contributed by atoms with Crippen LogP contribution in [0.3, 0.4) is 0 Å². The lowest BCUT2D eigenvalue weighted by Gasteiger charge is -2.35. The van der Waals surface area contributed by atoms with Gasteiger partial charge in [0.1, 0.15) is 0 Å². The van der Waals surface area contributed by atoms with Crippen molar-refractivity contribution in [2.24, 2.45) is 5.73 Å². The summed E-state index contributed by atoms with van der Waals surface area (Å²) in [6.45, 7) is 3.44. The van der Waals surface area contributed by atoms with Gasteiger partial charge in [-0.05, 0) is 44.6 Å². The average Bonchev–Trinajstić information content (AvgIpc) is 3.55. The normalized spacial score (nSPS) is 19.9. The lowest BCUT2D eigenvalue weighted by molar-refractivity contribution is 0.0625. The van der Waals surface area contributed by atoms with E-state index >= 15 is 0 Å². The first-order valence-corrected chi connectivity index (χ1v) is 10.2. The number of hydrogen-bond donors (Lipinski definition) is 2. The Balaban J connectivity index is 1.94. The molecule has 8 nitrogen and oxygen atoms in total.